The molecule has 167 valence electrons. The van der Waals surface area contributed by atoms with E-state index in [-0.39, 0.29) is 21.2 Å². The summed E-state index contributed by atoms with van der Waals surface area (Å²) in [6.45, 7) is 9.14. The van der Waals surface area contributed by atoms with Crippen molar-refractivity contribution in [3.63, 3.8) is 0 Å². The van der Waals surface area contributed by atoms with Crippen molar-refractivity contribution < 1.29 is 27.5 Å². The molecule has 1 aliphatic carbocycles. The van der Waals surface area contributed by atoms with Crippen LogP contribution >= 0.6 is 0 Å². The van der Waals surface area contributed by atoms with Gasteiger partial charge in [0.25, 0.3) is 0 Å². The topological polar surface area (TPSA) is 58.2 Å². The van der Waals surface area contributed by atoms with E-state index in [1.165, 1.54) is 40.7 Å². The maximum atomic E-state index is 12.0. The average Bonchev–Trinajstić information content (AvgIpc) is 2.71. The molecule has 1 aromatic rings. The van der Waals surface area contributed by atoms with Crippen LogP contribution in [0.4, 0.5) is 0 Å². The standard InChI is InChI=1S/C17H23N2O2.2C4H9.Ti/c1-17(2)9-15(18-11-20)14(16(10-17)19-12-21)8-13-6-4-3-5-7-13;2*1-3-4-2;/h3-7,11-12,14-15H,8-10H2,1-2H3,(H,18,20)(H,19,21);2*1,3-4H2,2H3;. The van der Waals surface area contributed by atoms with Crippen LogP contribution < -0.4 is 10.6 Å². The second-order valence-electron chi connectivity index (χ2n) is 9.78. The molecule has 2 rings (SSSR count). The summed E-state index contributed by atoms with van der Waals surface area (Å²) < 4.78 is 2.42. The molecule has 5 heteroatoms. The number of carbonyl (C=O) groups excluding carboxylic acids is 2. The van der Waals surface area contributed by atoms with Crippen molar-refractivity contribution in [1.29, 1.82) is 0 Å². The molecule has 0 heterocycles. The predicted molar refractivity (Wildman–Crippen MR) is 121 cm³/mol. The van der Waals surface area contributed by atoms with Crippen LogP contribution in [0.2, 0.25) is 9.45 Å². The van der Waals surface area contributed by atoms with E-state index < -0.39 is 17.9 Å². The van der Waals surface area contributed by atoms with Crippen LogP contribution in [-0.4, -0.2) is 22.7 Å². The van der Waals surface area contributed by atoms with Crippen molar-refractivity contribution in [1.82, 2.24) is 10.6 Å². The van der Waals surface area contributed by atoms with Gasteiger partial charge in [0.05, 0.1) is 0 Å². The summed E-state index contributed by atoms with van der Waals surface area (Å²) in [7, 11) is 0. The third-order valence-corrected chi connectivity index (χ3v) is 12.9. The normalized spacial score (nSPS) is 25.3. The van der Waals surface area contributed by atoms with Crippen LogP contribution in [0.25, 0.3) is 0 Å². The van der Waals surface area contributed by atoms with Gasteiger partial charge in [0, 0.05) is 0 Å². The monoisotopic (exact) mass is 449 g/mol. The average molecular weight is 449 g/mol. The molecule has 0 radical (unpaired) electrons. The molecular formula is C25H41N2O2Ti. The Morgan fingerprint density at radius 3 is 2.20 bits per heavy atom. The fraction of sp³-hybridized carbons (Fsp3) is 0.680. The van der Waals surface area contributed by atoms with Gasteiger partial charge in [0.15, 0.2) is 0 Å². The van der Waals surface area contributed by atoms with Gasteiger partial charge in [-0.25, -0.2) is 0 Å². The Bertz CT molecular complexity index is 644. The third kappa shape index (κ3) is 6.44. The molecule has 0 saturated heterocycles. The first kappa shape index (κ1) is 25.1. The van der Waals surface area contributed by atoms with Crippen molar-refractivity contribution in [2.75, 3.05) is 0 Å². The second kappa shape index (κ2) is 12.0. The van der Waals surface area contributed by atoms with Gasteiger partial charge in [-0.05, 0) is 0 Å². The van der Waals surface area contributed by atoms with Crippen molar-refractivity contribution in [2.45, 2.75) is 92.0 Å². The van der Waals surface area contributed by atoms with Gasteiger partial charge >= 0.3 is 190 Å². The Balaban J connectivity index is 2.55. The van der Waals surface area contributed by atoms with Crippen LogP contribution in [0.5, 0.6) is 0 Å². The van der Waals surface area contributed by atoms with E-state index in [9.17, 15) is 9.59 Å². The summed E-state index contributed by atoms with van der Waals surface area (Å²) in [5.41, 5.74) is 1.38. The quantitative estimate of drug-likeness (QED) is 0.318. The van der Waals surface area contributed by atoms with Gasteiger partial charge in [0.1, 0.15) is 0 Å². The Morgan fingerprint density at radius 1 is 1.03 bits per heavy atom. The number of unbranched alkanes of at least 4 members (excludes halogenated alkanes) is 2. The second-order valence-corrected chi connectivity index (χ2v) is 14.6. The molecule has 1 saturated carbocycles. The van der Waals surface area contributed by atoms with Crippen LogP contribution in [0.15, 0.2) is 30.3 Å². The van der Waals surface area contributed by atoms with E-state index in [1.54, 1.807) is 0 Å². The fourth-order valence-corrected chi connectivity index (χ4v) is 12.7. The van der Waals surface area contributed by atoms with Crippen molar-refractivity contribution in [3.05, 3.63) is 35.9 Å². The predicted octanol–water partition coefficient (Wildman–Crippen LogP) is 5.28. The van der Waals surface area contributed by atoms with E-state index in [0.717, 1.165) is 32.1 Å². The summed E-state index contributed by atoms with van der Waals surface area (Å²) in [5.74, 6) is 0.243. The Morgan fingerprint density at radius 2 is 1.67 bits per heavy atom. The van der Waals surface area contributed by atoms with Crippen molar-refractivity contribution >= 4 is 12.8 Å². The minimum atomic E-state index is -1.70. The van der Waals surface area contributed by atoms with E-state index in [2.05, 4.69) is 62.6 Å². The van der Waals surface area contributed by atoms with Crippen LogP contribution in [0.1, 0.15) is 71.8 Å². The molecule has 1 fully saturated rings. The van der Waals surface area contributed by atoms with Gasteiger partial charge in [-0.3, -0.25) is 0 Å². The molecule has 4 nitrogen and oxygen atoms in total. The molecule has 1 aromatic carbocycles. The van der Waals surface area contributed by atoms with Gasteiger partial charge in [-0.15, -0.1) is 0 Å². The first-order chi connectivity index (χ1) is 14.4. The Labute approximate surface area is 189 Å². The van der Waals surface area contributed by atoms with Crippen LogP contribution in [0, 0.1) is 11.3 Å². The molecule has 1 aliphatic rings. The molecule has 3 atom stereocenters. The molecule has 30 heavy (non-hydrogen) atoms. The van der Waals surface area contributed by atoms with Gasteiger partial charge < -0.3 is 0 Å². The van der Waals surface area contributed by atoms with Crippen LogP contribution in [0.3, 0.4) is 0 Å². The minimum absolute atomic E-state index is 0.0839. The molecule has 0 bridgehead atoms. The first-order valence-corrected chi connectivity index (χ1v) is 14.7. The molecule has 2 amide bonds. The van der Waals surface area contributed by atoms with Gasteiger partial charge in [-0.2, -0.15) is 0 Å². The van der Waals surface area contributed by atoms with Crippen molar-refractivity contribution in [3.8, 4) is 0 Å². The maximum absolute atomic E-state index is 12.0. The Kier molecular flexibility index (Phi) is 10.1. The number of hydrogen-bond acceptors (Lipinski definition) is 2. The Hall–Kier alpha value is -1.13. The van der Waals surface area contributed by atoms with Crippen molar-refractivity contribution in [2.24, 2.45) is 11.3 Å². The zero-order valence-electron chi connectivity index (χ0n) is 19.4. The molecule has 0 aliphatic heterocycles. The van der Waals surface area contributed by atoms with Gasteiger partial charge in [0.2, 0.25) is 0 Å². The molecule has 0 spiro atoms. The first-order valence-electron chi connectivity index (χ1n) is 11.7. The molecule has 2 N–H and O–H groups in total. The number of nitrogens with one attached hydrogen (secondary N) is 2. The zero-order chi connectivity index (χ0) is 22.0. The van der Waals surface area contributed by atoms with E-state index in [0.29, 0.717) is 0 Å². The summed E-state index contributed by atoms with van der Waals surface area (Å²) in [4.78, 5) is 23.6. The van der Waals surface area contributed by atoms with Crippen LogP contribution in [-0.2, 0) is 33.9 Å². The number of rotatable bonds is 13. The molecule has 3 unspecified atom stereocenters. The van der Waals surface area contributed by atoms with E-state index in [4.69, 9.17) is 0 Å². The van der Waals surface area contributed by atoms with E-state index in [1.807, 2.05) is 6.07 Å². The number of amides is 2. The molecular weight excluding hydrogens is 408 g/mol. The summed E-state index contributed by atoms with van der Waals surface area (Å²) in [5, 5.41) is 6.65. The summed E-state index contributed by atoms with van der Waals surface area (Å²) in [6, 6.07) is 10.7. The molecule has 0 aromatic heterocycles. The van der Waals surface area contributed by atoms with E-state index >= 15 is 0 Å². The summed E-state index contributed by atoms with van der Waals surface area (Å²) >= 11 is -1.70. The fourth-order valence-electron chi connectivity index (χ4n) is 5.59. The number of hydrogen-bond donors (Lipinski definition) is 2. The third-order valence-electron chi connectivity index (χ3n) is 6.84. The zero-order valence-corrected chi connectivity index (χ0v) is 20.9. The summed E-state index contributed by atoms with van der Waals surface area (Å²) in [6.07, 6.45) is 9.59. The SMILES string of the molecule is CCC[CH2][Ti]([CH2]CCC)[C]1(NC=O)CC(C)(C)CC(NC=O)C1Cc1ccccc1. The van der Waals surface area contributed by atoms with Gasteiger partial charge in [-0.1, -0.05) is 0 Å². The number of benzene rings is 1. The number of carbonyl (C=O) groups is 2.